The Kier molecular flexibility index (Phi) is 3.73. The standard InChI is InChI=1S/C11H10BrN3O3/c12-6-1-2-8-7(3-6)10(14-5-13-8)15-9(4-16)11(17)18/h1-3,5,9,16H,4H2,(H,17,18)(H,13,14,15)/p-1/t9-/m1/s1. The molecule has 0 saturated heterocycles. The van der Waals surface area contributed by atoms with Crippen LogP contribution in [0.4, 0.5) is 5.82 Å². The van der Waals surface area contributed by atoms with Crippen LogP contribution in [0.5, 0.6) is 0 Å². The zero-order valence-corrected chi connectivity index (χ0v) is 10.7. The monoisotopic (exact) mass is 310 g/mol. The van der Waals surface area contributed by atoms with E-state index in [4.69, 9.17) is 5.11 Å². The van der Waals surface area contributed by atoms with E-state index in [0.29, 0.717) is 16.7 Å². The molecule has 2 aromatic rings. The number of carboxylic acid groups (broad SMARTS) is 1. The van der Waals surface area contributed by atoms with Crippen LogP contribution in [0, 0.1) is 0 Å². The van der Waals surface area contributed by atoms with Crippen molar-refractivity contribution in [2.45, 2.75) is 6.04 Å². The highest BCUT2D eigenvalue weighted by Crippen LogP contribution is 2.23. The normalized spacial score (nSPS) is 12.3. The third-order valence-electron chi connectivity index (χ3n) is 2.38. The van der Waals surface area contributed by atoms with Gasteiger partial charge in [-0.2, -0.15) is 0 Å². The average molecular weight is 311 g/mol. The predicted molar refractivity (Wildman–Crippen MR) is 66.7 cm³/mol. The largest absolute Gasteiger partial charge is 0.548 e. The molecule has 0 spiro atoms. The summed E-state index contributed by atoms with van der Waals surface area (Å²) in [6.45, 7) is -0.582. The topological polar surface area (TPSA) is 98.2 Å². The maximum Gasteiger partial charge on any atom is 0.137 e. The lowest BCUT2D eigenvalue weighted by atomic mass is 10.2. The van der Waals surface area contributed by atoms with E-state index in [-0.39, 0.29) is 0 Å². The van der Waals surface area contributed by atoms with Gasteiger partial charge in [0.2, 0.25) is 0 Å². The number of nitrogens with one attached hydrogen (secondary N) is 1. The van der Waals surface area contributed by atoms with Crippen LogP contribution in [-0.4, -0.2) is 33.7 Å². The fourth-order valence-corrected chi connectivity index (χ4v) is 1.85. The second kappa shape index (κ2) is 5.28. The van der Waals surface area contributed by atoms with Crippen molar-refractivity contribution in [3.05, 3.63) is 29.0 Å². The van der Waals surface area contributed by atoms with Gasteiger partial charge in [-0.1, -0.05) is 15.9 Å². The molecular weight excluding hydrogens is 302 g/mol. The van der Waals surface area contributed by atoms with Crippen molar-refractivity contribution in [2.75, 3.05) is 11.9 Å². The Morgan fingerprint density at radius 1 is 1.50 bits per heavy atom. The molecule has 0 aliphatic rings. The maximum atomic E-state index is 10.8. The van der Waals surface area contributed by atoms with Crippen LogP contribution in [0.1, 0.15) is 0 Å². The molecule has 0 aliphatic carbocycles. The Morgan fingerprint density at radius 3 is 2.94 bits per heavy atom. The summed E-state index contributed by atoms with van der Waals surface area (Å²) >= 11 is 3.32. The van der Waals surface area contributed by atoms with Gasteiger partial charge in [-0.25, -0.2) is 9.97 Å². The van der Waals surface area contributed by atoms with Crippen molar-refractivity contribution in [1.82, 2.24) is 9.97 Å². The van der Waals surface area contributed by atoms with Gasteiger partial charge in [0.15, 0.2) is 0 Å². The number of benzene rings is 1. The number of carbonyl (C=O) groups excluding carboxylic acids is 1. The predicted octanol–water partition coefficient (Wildman–Crippen LogP) is -0.0850. The van der Waals surface area contributed by atoms with Crippen LogP contribution in [0.2, 0.25) is 0 Å². The molecule has 0 radical (unpaired) electrons. The van der Waals surface area contributed by atoms with Gasteiger partial charge in [0.25, 0.3) is 0 Å². The highest BCUT2D eigenvalue weighted by molar-refractivity contribution is 9.10. The van der Waals surface area contributed by atoms with Crippen molar-refractivity contribution in [2.24, 2.45) is 0 Å². The van der Waals surface area contributed by atoms with Crippen LogP contribution in [0.25, 0.3) is 10.9 Å². The van der Waals surface area contributed by atoms with Crippen molar-refractivity contribution in [3.63, 3.8) is 0 Å². The molecule has 6 nitrogen and oxygen atoms in total. The molecule has 7 heteroatoms. The molecule has 1 aromatic heterocycles. The number of aliphatic hydroxyl groups is 1. The van der Waals surface area contributed by atoms with Gasteiger partial charge >= 0.3 is 0 Å². The number of aliphatic carboxylic acids is 1. The number of carbonyl (C=O) groups is 1. The van der Waals surface area contributed by atoms with E-state index in [1.807, 2.05) is 6.07 Å². The van der Waals surface area contributed by atoms with Crippen molar-refractivity contribution in [3.8, 4) is 0 Å². The summed E-state index contributed by atoms with van der Waals surface area (Å²) < 4.78 is 0.821. The molecule has 94 valence electrons. The quantitative estimate of drug-likeness (QED) is 0.819. The van der Waals surface area contributed by atoms with Crippen molar-refractivity contribution in [1.29, 1.82) is 0 Å². The van der Waals surface area contributed by atoms with Crippen molar-refractivity contribution >= 4 is 38.6 Å². The smallest absolute Gasteiger partial charge is 0.137 e. The van der Waals surface area contributed by atoms with Gasteiger partial charge < -0.3 is 20.3 Å². The maximum absolute atomic E-state index is 10.8. The van der Waals surface area contributed by atoms with Gasteiger partial charge in [0, 0.05) is 9.86 Å². The van der Waals surface area contributed by atoms with Crippen LogP contribution in [0.15, 0.2) is 29.0 Å². The number of halogens is 1. The number of hydrogen-bond donors (Lipinski definition) is 2. The van der Waals surface area contributed by atoms with Crippen LogP contribution in [-0.2, 0) is 4.79 Å². The van der Waals surface area contributed by atoms with E-state index in [1.165, 1.54) is 6.33 Å². The minimum Gasteiger partial charge on any atom is -0.548 e. The van der Waals surface area contributed by atoms with Gasteiger partial charge in [0.05, 0.1) is 24.1 Å². The van der Waals surface area contributed by atoms with Crippen molar-refractivity contribution < 1.29 is 15.0 Å². The first kappa shape index (κ1) is 12.7. The summed E-state index contributed by atoms with van der Waals surface area (Å²) in [5.41, 5.74) is 0.672. The van der Waals surface area contributed by atoms with Crippen LogP contribution < -0.4 is 10.4 Å². The Bertz CT molecular complexity index is 591. The lowest BCUT2D eigenvalue weighted by Crippen LogP contribution is -2.43. The second-order valence-corrected chi connectivity index (χ2v) is 4.50. The molecule has 0 bridgehead atoms. The summed E-state index contributed by atoms with van der Waals surface area (Å²) in [7, 11) is 0. The minimum atomic E-state index is -1.39. The number of rotatable bonds is 4. The first-order valence-electron chi connectivity index (χ1n) is 5.10. The molecule has 0 amide bonds. The number of anilines is 1. The number of hydrogen-bond acceptors (Lipinski definition) is 6. The first-order valence-corrected chi connectivity index (χ1v) is 5.89. The molecular formula is C11H9BrN3O3-. The van der Waals surface area contributed by atoms with E-state index in [2.05, 4.69) is 31.2 Å². The number of carboxylic acids is 1. The van der Waals surface area contributed by atoms with Crippen LogP contribution >= 0.6 is 15.9 Å². The Balaban J connectivity index is 2.44. The third kappa shape index (κ3) is 2.57. The summed E-state index contributed by atoms with van der Waals surface area (Å²) in [6, 6.07) is 4.16. The second-order valence-electron chi connectivity index (χ2n) is 3.58. The minimum absolute atomic E-state index is 0.338. The summed E-state index contributed by atoms with van der Waals surface area (Å²) in [5.74, 6) is -1.05. The molecule has 1 atom stereocenters. The fraction of sp³-hybridized carbons (Fsp3) is 0.182. The van der Waals surface area contributed by atoms with E-state index < -0.39 is 18.6 Å². The summed E-state index contributed by atoms with van der Waals surface area (Å²) in [4.78, 5) is 18.8. The van der Waals surface area contributed by atoms with Gasteiger partial charge in [-0.05, 0) is 18.2 Å². The highest BCUT2D eigenvalue weighted by Gasteiger charge is 2.11. The molecule has 0 aliphatic heterocycles. The lowest BCUT2D eigenvalue weighted by molar-refractivity contribution is -0.307. The van der Waals surface area contributed by atoms with Gasteiger partial charge in [-0.15, -0.1) is 0 Å². The van der Waals surface area contributed by atoms with E-state index in [1.54, 1.807) is 12.1 Å². The molecule has 0 unspecified atom stereocenters. The molecule has 2 N–H and O–H groups in total. The molecule has 1 heterocycles. The Labute approximate surface area is 111 Å². The molecule has 0 saturated carbocycles. The number of aromatic nitrogens is 2. The SMILES string of the molecule is O=C([O-])[C@@H](CO)Nc1ncnc2ccc(Br)cc12. The number of aliphatic hydroxyl groups excluding tert-OH is 1. The number of fused-ring (bicyclic) bond motifs is 1. The zero-order chi connectivity index (χ0) is 13.1. The molecule has 0 fully saturated rings. The highest BCUT2D eigenvalue weighted by atomic mass is 79.9. The summed E-state index contributed by atoms with van der Waals surface area (Å²) in [5, 5.41) is 23.0. The lowest BCUT2D eigenvalue weighted by Gasteiger charge is -2.18. The number of nitrogens with zero attached hydrogens (tertiary/aromatic N) is 2. The van der Waals surface area contributed by atoms with E-state index in [9.17, 15) is 9.90 Å². The summed E-state index contributed by atoms with van der Waals surface area (Å²) in [6.07, 6.45) is 1.32. The van der Waals surface area contributed by atoms with E-state index >= 15 is 0 Å². The molecule has 18 heavy (non-hydrogen) atoms. The average Bonchev–Trinajstić information content (AvgIpc) is 2.35. The first-order chi connectivity index (χ1) is 8.61. The third-order valence-corrected chi connectivity index (χ3v) is 2.87. The Morgan fingerprint density at radius 2 is 2.28 bits per heavy atom. The Hall–Kier alpha value is -1.73. The van der Waals surface area contributed by atoms with E-state index in [0.717, 1.165) is 4.47 Å². The zero-order valence-electron chi connectivity index (χ0n) is 9.13. The van der Waals surface area contributed by atoms with Gasteiger partial charge in [-0.3, -0.25) is 0 Å². The van der Waals surface area contributed by atoms with Gasteiger partial charge in [0.1, 0.15) is 12.1 Å². The van der Waals surface area contributed by atoms with Crippen LogP contribution in [0.3, 0.4) is 0 Å². The fourth-order valence-electron chi connectivity index (χ4n) is 1.49. The molecule has 2 rings (SSSR count). The molecule has 1 aromatic carbocycles.